The van der Waals surface area contributed by atoms with Gasteiger partial charge in [-0.15, -0.1) is 0 Å². The number of piperazine rings is 1. The molecule has 7 nitrogen and oxygen atoms in total. The van der Waals surface area contributed by atoms with E-state index in [9.17, 15) is 4.79 Å². The van der Waals surface area contributed by atoms with E-state index in [4.69, 9.17) is 23.8 Å². The summed E-state index contributed by atoms with van der Waals surface area (Å²) in [7, 11) is 2.19. The Labute approximate surface area is 212 Å². The Morgan fingerprint density at radius 3 is 2.26 bits per heavy atom. The number of likely N-dealkylation sites (tertiary alicyclic amines) is 1. The molecule has 1 unspecified atom stereocenters. The van der Waals surface area contributed by atoms with Gasteiger partial charge in [-0.3, -0.25) is 15.1 Å². The largest absolute Gasteiger partial charge is 0.347 e. The average molecular weight is 501 g/mol. The third kappa shape index (κ3) is 6.90. The maximum Gasteiger partial charge on any atom is 0.261 e. The minimum atomic E-state index is -0.611. The molecule has 1 atom stereocenters. The van der Waals surface area contributed by atoms with Crippen LogP contribution in [0, 0.1) is 0 Å². The minimum Gasteiger partial charge on any atom is -0.347 e. The smallest absolute Gasteiger partial charge is 0.261 e. The van der Waals surface area contributed by atoms with E-state index in [-0.39, 0.29) is 5.91 Å². The predicted octanol–water partition coefficient (Wildman–Crippen LogP) is 3.11. The van der Waals surface area contributed by atoms with Crippen molar-refractivity contribution in [1.82, 2.24) is 25.6 Å². The first-order chi connectivity index (χ1) is 16.5. The van der Waals surface area contributed by atoms with Crippen LogP contribution in [-0.4, -0.2) is 78.2 Å². The summed E-state index contributed by atoms with van der Waals surface area (Å²) in [5.41, 5.74) is 4.77. The van der Waals surface area contributed by atoms with E-state index in [2.05, 4.69) is 32.9 Å². The highest BCUT2D eigenvalue weighted by Gasteiger charge is 2.29. The van der Waals surface area contributed by atoms with Gasteiger partial charge in [0.25, 0.3) is 5.91 Å². The number of benzene rings is 2. The lowest BCUT2D eigenvalue weighted by Crippen LogP contribution is -2.58. The van der Waals surface area contributed by atoms with Crippen molar-refractivity contribution in [3.05, 3.63) is 65.2 Å². The third-order valence-corrected chi connectivity index (χ3v) is 7.03. The standard InChI is InChI=1S/C25H33ClN6OS/c1-30-13-11-22(12-14-30)31-15-17-32(18-16-31)29-24(33)23(19-5-3-2-4-6-19)28-25(34)27-21-9-7-20(26)8-10-21/h2-10,22-23H,11-18H2,1H3,(H,29,33)(H2,27,28,34). The van der Waals surface area contributed by atoms with Crippen molar-refractivity contribution in [1.29, 1.82) is 0 Å². The number of halogens is 1. The highest BCUT2D eigenvalue weighted by Crippen LogP contribution is 2.18. The number of nitrogens with zero attached hydrogens (tertiary/aromatic N) is 3. The number of hydrogen-bond donors (Lipinski definition) is 3. The van der Waals surface area contributed by atoms with Gasteiger partial charge in [0.2, 0.25) is 0 Å². The number of hydrogen-bond acceptors (Lipinski definition) is 5. The second-order valence-electron chi connectivity index (χ2n) is 8.98. The van der Waals surface area contributed by atoms with Crippen LogP contribution in [0.5, 0.6) is 0 Å². The van der Waals surface area contributed by atoms with Crippen molar-refractivity contribution in [2.45, 2.75) is 24.9 Å². The van der Waals surface area contributed by atoms with E-state index in [1.807, 2.05) is 47.5 Å². The third-order valence-electron chi connectivity index (χ3n) is 6.56. The van der Waals surface area contributed by atoms with Crippen LogP contribution in [0.1, 0.15) is 24.4 Å². The fourth-order valence-corrected chi connectivity index (χ4v) is 4.92. The predicted molar refractivity (Wildman–Crippen MR) is 142 cm³/mol. The molecule has 0 aliphatic carbocycles. The quantitative estimate of drug-likeness (QED) is 0.527. The lowest BCUT2D eigenvalue weighted by atomic mass is 10.0. The molecule has 2 saturated heterocycles. The Bertz CT molecular complexity index is 944. The highest BCUT2D eigenvalue weighted by atomic mass is 35.5. The monoisotopic (exact) mass is 500 g/mol. The summed E-state index contributed by atoms with van der Waals surface area (Å²) >= 11 is 11.5. The second-order valence-corrected chi connectivity index (χ2v) is 9.83. The van der Waals surface area contributed by atoms with Crippen molar-refractivity contribution in [2.75, 3.05) is 51.6 Å². The van der Waals surface area contributed by atoms with Gasteiger partial charge in [-0.05, 0) is 75.0 Å². The molecule has 0 bridgehead atoms. The summed E-state index contributed by atoms with van der Waals surface area (Å²) in [5, 5.41) is 9.37. The number of carbonyl (C=O) groups is 1. The van der Waals surface area contributed by atoms with E-state index in [0.717, 1.165) is 50.5 Å². The van der Waals surface area contributed by atoms with Gasteiger partial charge in [0, 0.05) is 42.9 Å². The Hall–Kier alpha value is -2.23. The molecule has 2 aliphatic heterocycles. The summed E-state index contributed by atoms with van der Waals surface area (Å²) in [6.45, 7) is 5.88. The van der Waals surface area contributed by atoms with Gasteiger partial charge in [-0.1, -0.05) is 41.9 Å². The number of rotatable bonds is 6. The van der Waals surface area contributed by atoms with Crippen molar-refractivity contribution in [3.63, 3.8) is 0 Å². The molecule has 0 radical (unpaired) electrons. The molecule has 0 spiro atoms. The van der Waals surface area contributed by atoms with E-state index in [0.29, 0.717) is 16.2 Å². The molecule has 3 N–H and O–H groups in total. The molecule has 2 aromatic rings. The molecule has 2 fully saturated rings. The molecule has 182 valence electrons. The lowest BCUT2D eigenvalue weighted by molar-refractivity contribution is -0.129. The number of anilines is 1. The summed E-state index contributed by atoms with van der Waals surface area (Å²) in [6.07, 6.45) is 2.45. The van der Waals surface area contributed by atoms with Crippen LogP contribution in [0.3, 0.4) is 0 Å². The van der Waals surface area contributed by atoms with Gasteiger partial charge in [-0.2, -0.15) is 0 Å². The van der Waals surface area contributed by atoms with Crippen LogP contribution in [0.2, 0.25) is 5.02 Å². The van der Waals surface area contributed by atoms with Crippen molar-refractivity contribution >= 4 is 40.5 Å². The van der Waals surface area contributed by atoms with Gasteiger partial charge in [0.15, 0.2) is 5.11 Å². The average Bonchev–Trinajstić information content (AvgIpc) is 2.85. The zero-order chi connectivity index (χ0) is 23.9. The molecule has 9 heteroatoms. The number of nitrogens with one attached hydrogen (secondary N) is 3. The first-order valence-corrected chi connectivity index (χ1v) is 12.6. The number of thiocarbonyl (C=S) groups is 1. The highest BCUT2D eigenvalue weighted by molar-refractivity contribution is 7.80. The van der Waals surface area contributed by atoms with Gasteiger partial charge < -0.3 is 15.5 Å². The summed E-state index contributed by atoms with van der Waals surface area (Å²) < 4.78 is 0. The fraction of sp³-hybridized carbons (Fsp3) is 0.440. The van der Waals surface area contributed by atoms with Crippen molar-refractivity contribution < 1.29 is 4.79 Å². The molecule has 0 aromatic heterocycles. The Morgan fingerprint density at radius 1 is 0.971 bits per heavy atom. The van der Waals surface area contributed by atoms with Gasteiger partial charge in [0.1, 0.15) is 6.04 Å². The Balaban J connectivity index is 1.33. The number of hydrazine groups is 1. The van der Waals surface area contributed by atoms with E-state index in [1.165, 1.54) is 12.8 Å². The van der Waals surface area contributed by atoms with Crippen LogP contribution in [0.15, 0.2) is 54.6 Å². The summed E-state index contributed by atoms with van der Waals surface area (Å²) in [5.74, 6) is -0.126. The van der Waals surface area contributed by atoms with Gasteiger partial charge in [-0.25, -0.2) is 5.01 Å². The zero-order valence-corrected chi connectivity index (χ0v) is 21.1. The number of carbonyl (C=O) groups excluding carboxylic acids is 1. The van der Waals surface area contributed by atoms with Crippen molar-refractivity contribution in [3.8, 4) is 0 Å². The van der Waals surface area contributed by atoms with Crippen LogP contribution in [0.4, 0.5) is 5.69 Å². The number of amides is 1. The Morgan fingerprint density at radius 2 is 1.62 bits per heavy atom. The maximum atomic E-state index is 13.3. The van der Waals surface area contributed by atoms with E-state index < -0.39 is 6.04 Å². The molecule has 1 amide bonds. The summed E-state index contributed by atoms with van der Waals surface area (Å²) in [6, 6.07) is 17.0. The molecule has 34 heavy (non-hydrogen) atoms. The van der Waals surface area contributed by atoms with Gasteiger partial charge in [0.05, 0.1) is 0 Å². The molecular formula is C25H33ClN6OS. The second kappa shape index (κ2) is 12.0. The van der Waals surface area contributed by atoms with Crippen LogP contribution >= 0.6 is 23.8 Å². The van der Waals surface area contributed by atoms with E-state index >= 15 is 0 Å². The lowest BCUT2D eigenvalue weighted by Gasteiger charge is -2.42. The Kier molecular flexibility index (Phi) is 8.74. The molecule has 2 aliphatic rings. The molecule has 0 saturated carbocycles. The first-order valence-electron chi connectivity index (χ1n) is 11.8. The van der Waals surface area contributed by atoms with Gasteiger partial charge >= 0.3 is 0 Å². The SMILES string of the molecule is CN1CCC(N2CCN(NC(=O)C(NC(=S)Nc3ccc(Cl)cc3)c3ccccc3)CC2)CC1. The zero-order valence-electron chi connectivity index (χ0n) is 19.5. The maximum absolute atomic E-state index is 13.3. The fourth-order valence-electron chi connectivity index (χ4n) is 4.56. The van der Waals surface area contributed by atoms with Crippen LogP contribution in [-0.2, 0) is 4.79 Å². The van der Waals surface area contributed by atoms with Crippen LogP contribution in [0.25, 0.3) is 0 Å². The van der Waals surface area contributed by atoms with E-state index in [1.54, 1.807) is 12.1 Å². The normalized spacial score (nSPS) is 19.4. The summed E-state index contributed by atoms with van der Waals surface area (Å²) in [4.78, 5) is 18.3. The number of piperidine rings is 1. The van der Waals surface area contributed by atoms with Crippen LogP contribution < -0.4 is 16.1 Å². The topological polar surface area (TPSA) is 62.9 Å². The molecular weight excluding hydrogens is 468 g/mol. The molecule has 4 rings (SSSR count). The first kappa shape index (κ1) is 24.9. The molecule has 2 aromatic carbocycles. The minimum absolute atomic E-state index is 0.126. The molecule has 2 heterocycles. The van der Waals surface area contributed by atoms with Crippen molar-refractivity contribution in [2.24, 2.45) is 0 Å².